The minimum absolute atomic E-state index is 0.0693. The highest BCUT2D eigenvalue weighted by atomic mass is 32.2. The van der Waals surface area contributed by atoms with E-state index in [-0.39, 0.29) is 19.0 Å². The second-order valence-corrected chi connectivity index (χ2v) is 8.07. The molecule has 24 heavy (non-hydrogen) atoms. The van der Waals surface area contributed by atoms with Gasteiger partial charge < -0.3 is 5.11 Å². The van der Waals surface area contributed by atoms with E-state index in [2.05, 4.69) is 0 Å². The van der Waals surface area contributed by atoms with E-state index in [4.69, 9.17) is 0 Å². The van der Waals surface area contributed by atoms with Crippen molar-refractivity contribution in [3.8, 4) is 0 Å². The predicted molar refractivity (Wildman–Crippen MR) is 79.2 cm³/mol. The Morgan fingerprint density at radius 3 is 2.75 bits per heavy atom. The molecular formula is C14H15FN2O6S. The second kappa shape index (κ2) is 5.49. The molecule has 8 nitrogen and oxygen atoms in total. The van der Waals surface area contributed by atoms with Crippen molar-refractivity contribution in [1.29, 1.82) is 0 Å². The lowest BCUT2D eigenvalue weighted by molar-refractivity contribution is -0.388. The van der Waals surface area contributed by atoms with Crippen LogP contribution in [0.25, 0.3) is 0 Å². The normalized spacial score (nSPS) is 27.1. The highest BCUT2D eigenvalue weighted by Crippen LogP contribution is 2.50. The summed E-state index contributed by atoms with van der Waals surface area (Å²) in [6.07, 6.45) is 1.60. The lowest BCUT2D eigenvalue weighted by Crippen LogP contribution is -2.37. The molecule has 2 atom stereocenters. The number of fused-ring (bicyclic) bond motifs is 1. The molecule has 1 aliphatic carbocycles. The number of carboxylic acids is 1. The highest BCUT2D eigenvalue weighted by molar-refractivity contribution is 7.89. The zero-order valence-corrected chi connectivity index (χ0v) is 13.3. The number of carbonyl (C=O) groups is 1. The average molecular weight is 358 g/mol. The number of carboxylic acid groups (broad SMARTS) is 1. The third-order valence-electron chi connectivity index (χ3n) is 5.01. The van der Waals surface area contributed by atoms with Crippen LogP contribution in [0.2, 0.25) is 0 Å². The Labute approximate surface area is 137 Å². The van der Waals surface area contributed by atoms with E-state index < -0.39 is 42.7 Å². The van der Waals surface area contributed by atoms with Crippen molar-refractivity contribution >= 4 is 21.7 Å². The Morgan fingerprint density at radius 1 is 1.46 bits per heavy atom. The van der Waals surface area contributed by atoms with Crippen LogP contribution in [0.15, 0.2) is 23.1 Å². The second-order valence-electron chi connectivity index (χ2n) is 6.19. The topological polar surface area (TPSA) is 118 Å². The van der Waals surface area contributed by atoms with E-state index in [1.807, 2.05) is 0 Å². The van der Waals surface area contributed by atoms with Crippen LogP contribution in [0.3, 0.4) is 0 Å². The number of hydrogen-bond donors (Lipinski definition) is 1. The Morgan fingerprint density at radius 2 is 2.17 bits per heavy atom. The van der Waals surface area contributed by atoms with E-state index in [0.717, 1.165) is 22.5 Å². The summed E-state index contributed by atoms with van der Waals surface area (Å²) in [5.41, 5.74) is -2.04. The van der Waals surface area contributed by atoms with Crippen molar-refractivity contribution in [2.24, 2.45) is 11.3 Å². The third-order valence-corrected chi connectivity index (χ3v) is 6.88. The molecule has 0 bridgehead atoms. The highest BCUT2D eigenvalue weighted by Gasteiger charge is 2.57. The van der Waals surface area contributed by atoms with E-state index in [0.29, 0.717) is 19.3 Å². The van der Waals surface area contributed by atoms with Crippen molar-refractivity contribution in [3.05, 3.63) is 34.1 Å². The van der Waals surface area contributed by atoms with Crippen LogP contribution in [0.1, 0.15) is 19.3 Å². The Hall–Kier alpha value is -2.07. The monoisotopic (exact) mass is 358 g/mol. The molecule has 1 aromatic carbocycles. The lowest BCUT2D eigenvalue weighted by atomic mass is 9.81. The number of halogens is 1. The maximum absolute atomic E-state index is 14.1. The number of hydrogen-bond acceptors (Lipinski definition) is 5. The minimum Gasteiger partial charge on any atom is -0.481 e. The summed E-state index contributed by atoms with van der Waals surface area (Å²) in [5.74, 6) is -2.66. The molecule has 1 saturated heterocycles. The fourth-order valence-electron chi connectivity index (χ4n) is 3.80. The van der Waals surface area contributed by atoms with Gasteiger partial charge >= 0.3 is 5.97 Å². The van der Waals surface area contributed by atoms with E-state index in [1.54, 1.807) is 0 Å². The molecule has 10 heteroatoms. The molecule has 0 spiro atoms. The Balaban J connectivity index is 2.05. The summed E-state index contributed by atoms with van der Waals surface area (Å²) in [6, 6.07) is 2.81. The zero-order valence-electron chi connectivity index (χ0n) is 12.5. The van der Waals surface area contributed by atoms with Gasteiger partial charge in [0.15, 0.2) is 4.90 Å². The molecule has 0 amide bonds. The summed E-state index contributed by atoms with van der Waals surface area (Å²) >= 11 is 0. The first-order valence-corrected chi connectivity index (χ1v) is 8.80. The quantitative estimate of drug-likeness (QED) is 0.645. The van der Waals surface area contributed by atoms with Gasteiger partial charge in [0.2, 0.25) is 0 Å². The van der Waals surface area contributed by atoms with Crippen molar-refractivity contribution in [3.63, 3.8) is 0 Å². The van der Waals surface area contributed by atoms with E-state index in [9.17, 15) is 32.8 Å². The Bertz CT molecular complexity index is 827. The number of sulfonamides is 1. The number of nitro groups is 1. The molecule has 1 heterocycles. The van der Waals surface area contributed by atoms with Crippen LogP contribution < -0.4 is 0 Å². The van der Waals surface area contributed by atoms with Gasteiger partial charge in [0.25, 0.3) is 15.7 Å². The Kier molecular flexibility index (Phi) is 3.83. The predicted octanol–water partition coefficient (Wildman–Crippen LogP) is 1.61. The van der Waals surface area contributed by atoms with Gasteiger partial charge in [-0.25, -0.2) is 12.8 Å². The van der Waals surface area contributed by atoms with Gasteiger partial charge in [0, 0.05) is 19.2 Å². The first-order valence-electron chi connectivity index (χ1n) is 7.36. The van der Waals surface area contributed by atoms with Gasteiger partial charge in [-0.3, -0.25) is 14.9 Å². The summed E-state index contributed by atoms with van der Waals surface area (Å²) < 4.78 is 40.5. The smallest absolute Gasteiger partial charge is 0.311 e. The van der Waals surface area contributed by atoms with Crippen molar-refractivity contribution in [2.75, 3.05) is 13.1 Å². The number of nitrogens with zero attached hydrogens (tertiary/aromatic N) is 2. The van der Waals surface area contributed by atoms with Gasteiger partial charge in [-0.05, 0) is 24.8 Å². The lowest BCUT2D eigenvalue weighted by Gasteiger charge is -2.23. The molecule has 0 unspecified atom stereocenters. The van der Waals surface area contributed by atoms with Crippen LogP contribution in [-0.2, 0) is 14.8 Å². The summed E-state index contributed by atoms with van der Waals surface area (Å²) in [4.78, 5) is 20.8. The average Bonchev–Trinajstić information content (AvgIpc) is 3.04. The molecular weight excluding hydrogens is 343 g/mol. The number of rotatable bonds is 4. The van der Waals surface area contributed by atoms with Crippen LogP contribution in [-0.4, -0.2) is 41.8 Å². The van der Waals surface area contributed by atoms with Crippen LogP contribution >= 0.6 is 0 Å². The van der Waals surface area contributed by atoms with E-state index in [1.165, 1.54) is 0 Å². The summed E-state index contributed by atoms with van der Waals surface area (Å²) in [6.45, 7) is -0.360. The van der Waals surface area contributed by atoms with Crippen LogP contribution in [0.5, 0.6) is 0 Å². The maximum atomic E-state index is 14.1. The van der Waals surface area contributed by atoms with Gasteiger partial charge in [-0.1, -0.05) is 12.5 Å². The largest absolute Gasteiger partial charge is 0.481 e. The summed E-state index contributed by atoms with van der Waals surface area (Å²) in [5, 5.41) is 20.6. The first kappa shape index (κ1) is 16.8. The molecule has 2 fully saturated rings. The molecule has 2 aliphatic rings. The van der Waals surface area contributed by atoms with E-state index >= 15 is 0 Å². The number of benzene rings is 1. The number of nitro benzene ring substituents is 1. The number of aliphatic carboxylic acids is 1. The van der Waals surface area contributed by atoms with Gasteiger partial charge in [0.1, 0.15) is 5.82 Å². The SMILES string of the molecule is O=C(O)[C@@]12CCC[C@H]1CN(S(=O)(=O)c1c(F)cccc1[N+](=O)[O-])C2. The molecule has 0 aromatic heterocycles. The molecule has 130 valence electrons. The first-order chi connectivity index (χ1) is 11.2. The zero-order chi connectivity index (χ0) is 17.7. The van der Waals surface area contributed by atoms with Crippen molar-refractivity contribution in [2.45, 2.75) is 24.2 Å². The third kappa shape index (κ3) is 2.28. The van der Waals surface area contributed by atoms with Crippen molar-refractivity contribution < 1.29 is 27.6 Å². The summed E-state index contributed by atoms with van der Waals surface area (Å²) in [7, 11) is -4.51. The van der Waals surface area contributed by atoms with Gasteiger partial charge in [-0.15, -0.1) is 0 Å². The molecule has 1 aliphatic heterocycles. The standard InChI is InChI=1S/C14H15FN2O6S/c15-10-4-1-5-11(17(20)21)12(10)24(22,23)16-7-9-3-2-6-14(9,8-16)13(18)19/h1,4-5,9H,2-3,6-8H2,(H,18,19)/t9-,14+/m0/s1. The maximum Gasteiger partial charge on any atom is 0.311 e. The minimum atomic E-state index is -4.51. The van der Waals surface area contributed by atoms with Crippen LogP contribution in [0, 0.1) is 27.3 Å². The van der Waals surface area contributed by atoms with Crippen molar-refractivity contribution in [1.82, 2.24) is 4.31 Å². The fraction of sp³-hybridized carbons (Fsp3) is 0.500. The molecule has 1 N–H and O–H groups in total. The molecule has 3 rings (SSSR count). The molecule has 1 saturated carbocycles. The fourth-order valence-corrected chi connectivity index (χ4v) is 5.56. The van der Waals surface area contributed by atoms with Gasteiger partial charge in [0.05, 0.1) is 10.3 Å². The molecule has 1 aromatic rings. The van der Waals surface area contributed by atoms with Crippen LogP contribution in [0.4, 0.5) is 10.1 Å². The molecule has 0 radical (unpaired) electrons. The van der Waals surface area contributed by atoms with Gasteiger partial charge in [-0.2, -0.15) is 4.31 Å².